The lowest BCUT2D eigenvalue weighted by Gasteiger charge is -2.40. The first-order valence-corrected chi connectivity index (χ1v) is 11.3. The van der Waals surface area contributed by atoms with Crippen molar-refractivity contribution in [1.29, 1.82) is 0 Å². The summed E-state index contributed by atoms with van der Waals surface area (Å²) in [5, 5.41) is 0. The van der Waals surface area contributed by atoms with Gasteiger partial charge in [0.1, 0.15) is 18.1 Å². The number of benzene rings is 2. The van der Waals surface area contributed by atoms with Crippen molar-refractivity contribution in [2.24, 2.45) is 10.8 Å². The predicted octanol–water partition coefficient (Wildman–Crippen LogP) is 4.65. The number of ether oxygens (including phenoxy) is 5. The Morgan fingerprint density at radius 1 is 0.844 bits per heavy atom. The summed E-state index contributed by atoms with van der Waals surface area (Å²) >= 11 is 0. The molecule has 0 bridgehead atoms. The van der Waals surface area contributed by atoms with Crippen LogP contribution in [0.5, 0.6) is 11.5 Å². The summed E-state index contributed by atoms with van der Waals surface area (Å²) in [6.45, 7) is 8.37. The third-order valence-corrected chi connectivity index (χ3v) is 6.55. The van der Waals surface area contributed by atoms with E-state index in [0.29, 0.717) is 56.7 Å². The number of esters is 1. The molecule has 0 aromatic heterocycles. The molecule has 2 aliphatic heterocycles. The quantitative estimate of drug-likeness (QED) is 0.474. The number of rotatable bonds is 11. The van der Waals surface area contributed by atoms with Crippen molar-refractivity contribution in [1.82, 2.24) is 0 Å². The van der Waals surface area contributed by atoms with E-state index in [1.54, 1.807) is 12.1 Å². The van der Waals surface area contributed by atoms with Crippen molar-refractivity contribution in [3.05, 3.63) is 59.7 Å². The summed E-state index contributed by atoms with van der Waals surface area (Å²) in [7, 11) is 0. The minimum Gasteiger partial charge on any atom is -0.493 e. The summed E-state index contributed by atoms with van der Waals surface area (Å²) in [5.74, 6) is 0.798. The van der Waals surface area contributed by atoms with Crippen LogP contribution in [0, 0.1) is 10.8 Å². The van der Waals surface area contributed by atoms with Crippen molar-refractivity contribution in [3.63, 3.8) is 0 Å². The SMILES string of the molecule is CCC1(COc2cc(OCC3(CC)COC3)cc(C(=O)OCc3ccccc3)c2)COC1. The molecule has 0 atom stereocenters. The molecule has 0 amide bonds. The molecule has 2 fully saturated rings. The Labute approximate surface area is 189 Å². The van der Waals surface area contributed by atoms with Gasteiger partial charge >= 0.3 is 5.97 Å². The Hall–Kier alpha value is -2.57. The molecule has 32 heavy (non-hydrogen) atoms. The van der Waals surface area contributed by atoms with E-state index >= 15 is 0 Å². The largest absolute Gasteiger partial charge is 0.493 e. The van der Waals surface area contributed by atoms with Gasteiger partial charge in [-0.1, -0.05) is 44.2 Å². The lowest BCUT2D eigenvalue weighted by Crippen LogP contribution is -2.46. The van der Waals surface area contributed by atoms with Crippen molar-refractivity contribution in [2.45, 2.75) is 33.3 Å². The van der Waals surface area contributed by atoms with Gasteiger partial charge in [0.15, 0.2) is 0 Å². The monoisotopic (exact) mass is 440 g/mol. The van der Waals surface area contributed by atoms with E-state index in [2.05, 4.69) is 13.8 Å². The minimum absolute atomic E-state index is 0.0420. The van der Waals surface area contributed by atoms with Gasteiger partial charge in [-0.2, -0.15) is 0 Å². The van der Waals surface area contributed by atoms with Crippen molar-refractivity contribution in [3.8, 4) is 11.5 Å². The second kappa shape index (κ2) is 9.92. The average molecular weight is 441 g/mol. The molecule has 6 nitrogen and oxygen atoms in total. The molecule has 0 N–H and O–H groups in total. The predicted molar refractivity (Wildman–Crippen MR) is 120 cm³/mol. The van der Waals surface area contributed by atoms with E-state index < -0.39 is 5.97 Å². The summed E-state index contributed by atoms with van der Waals surface area (Å²) < 4.78 is 28.5. The van der Waals surface area contributed by atoms with Crippen LogP contribution in [0.4, 0.5) is 0 Å². The Bertz CT molecular complexity index is 847. The molecule has 172 valence electrons. The third kappa shape index (κ3) is 5.25. The fourth-order valence-corrected chi connectivity index (χ4v) is 3.70. The van der Waals surface area contributed by atoms with E-state index in [-0.39, 0.29) is 17.4 Å². The first-order valence-electron chi connectivity index (χ1n) is 11.3. The molecular formula is C26H32O6. The Morgan fingerprint density at radius 3 is 1.81 bits per heavy atom. The van der Waals surface area contributed by atoms with Gasteiger partial charge in [-0.3, -0.25) is 0 Å². The average Bonchev–Trinajstić information content (AvgIpc) is 2.77. The van der Waals surface area contributed by atoms with Gasteiger partial charge in [-0.05, 0) is 30.5 Å². The molecule has 2 heterocycles. The van der Waals surface area contributed by atoms with Gasteiger partial charge in [0.25, 0.3) is 0 Å². The van der Waals surface area contributed by atoms with E-state index in [9.17, 15) is 4.79 Å². The summed E-state index contributed by atoms with van der Waals surface area (Å²) in [4.78, 5) is 12.8. The number of hydrogen-bond acceptors (Lipinski definition) is 6. The van der Waals surface area contributed by atoms with Gasteiger partial charge in [-0.25, -0.2) is 4.79 Å². The van der Waals surface area contributed by atoms with E-state index in [1.807, 2.05) is 36.4 Å². The number of hydrogen-bond donors (Lipinski definition) is 0. The fourth-order valence-electron chi connectivity index (χ4n) is 3.70. The summed E-state index contributed by atoms with van der Waals surface area (Å²) in [6.07, 6.45) is 1.96. The molecule has 2 aliphatic rings. The molecule has 2 aromatic rings. The molecule has 6 heteroatoms. The van der Waals surface area contributed by atoms with Gasteiger partial charge in [0, 0.05) is 6.07 Å². The highest BCUT2D eigenvalue weighted by Gasteiger charge is 2.38. The summed E-state index contributed by atoms with van der Waals surface area (Å²) in [5.41, 5.74) is 1.44. The van der Waals surface area contributed by atoms with Crippen LogP contribution in [-0.2, 0) is 20.8 Å². The molecule has 4 rings (SSSR count). The third-order valence-electron chi connectivity index (χ3n) is 6.55. The first kappa shape index (κ1) is 22.6. The zero-order chi connectivity index (χ0) is 22.4. The minimum atomic E-state index is -0.404. The van der Waals surface area contributed by atoms with Gasteiger partial charge in [0.05, 0.1) is 56.0 Å². The van der Waals surface area contributed by atoms with Crippen molar-refractivity contribution < 1.29 is 28.5 Å². The topological polar surface area (TPSA) is 63.2 Å². The summed E-state index contributed by atoms with van der Waals surface area (Å²) in [6, 6.07) is 14.9. The van der Waals surface area contributed by atoms with Gasteiger partial charge < -0.3 is 23.7 Å². The molecule has 2 aromatic carbocycles. The number of carbonyl (C=O) groups is 1. The Balaban J connectivity index is 1.47. The highest BCUT2D eigenvalue weighted by molar-refractivity contribution is 5.90. The van der Waals surface area contributed by atoms with Crippen LogP contribution in [0.2, 0.25) is 0 Å². The molecule has 0 spiro atoms. The van der Waals surface area contributed by atoms with Crippen LogP contribution in [0.25, 0.3) is 0 Å². The second-order valence-corrected chi connectivity index (χ2v) is 9.02. The highest BCUT2D eigenvalue weighted by atomic mass is 16.5. The Kier molecular flexibility index (Phi) is 7.01. The van der Waals surface area contributed by atoms with Crippen LogP contribution in [0.3, 0.4) is 0 Å². The van der Waals surface area contributed by atoms with Crippen molar-refractivity contribution >= 4 is 5.97 Å². The standard InChI is InChI=1S/C26H32O6/c1-3-25(14-28-15-25)18-31-22-10-21(24(27)30-13-20-8-6-5-7-9-20)11-23(12-22)32-19-26(4-2)16-29-17-26/h5-12H,3-4,13-19H2,1-2H3. The smallest absolute Gasteiger partial charge is 0.338 e. The zero-order valence-electron chi connectivity index (χ0n) is 18.9. The van der Waals surface area contributed by atoms with Gasteiger partial charge in [0.2, 0.25) is 0 Å². The number of carbonyl (C=O) groups excluding carboxylic acids is 1. The van der Waals surface area contributed by atoms with Crippen LogP contribution >= 0.6 is 0 Å². The van der Waals surface area contributed by atoms with Crippen molar-refractivity contribution in [2.75, 3.05) is 39.6 Å². The maximum absolute atomic E-state index is 12.8. The molecule has 0 aliphatic carbocycles. The maximum atomic E-state index is 12.8. The van der Waals surface area contributed by atoms with E-state index in [4.69, 9.17) is 23.7 Å². The molecule has 0 saturated carbocycles. The van der Waals surface area contributed by atoms with Crippen LogP contribution in [-0.4, -0.2) is 45.6 Å². The van der Waals surface area contributed by atoms with E-state index in [1.165, 1.54) is 0 Å². The van der Waals surface area contributed by atoms with Gasteiger partial charge in [-0.15, -0.1) is 0 Å². The maximum Gasteiger partial charge on any atom is 0.338 e. The Morgan fingerprint density at radius 2 is 1.38 bits per heavy atom. The first-order chi connectivity index (χ1) is 15.6. The normalized spacial score (nSPS) is 18.2. The lowest BCUT2D eigenvalue weighted by molar-refractivity contribution is -0.134. The highest BCUT2D eigenvalue weighted by Crippen LogP contribution is 2.35. The molecular weight excluding hydrogens is 408 g/mol. The molecule has 0 radical (unpaired) electrons. The lowest BCUT2D eigenvalue weighted by atomic mass is 9.84. The van der Waals surface area contributed by atoms with Crippen LogP contribution in [0.15, 0.2) is 48.5 Å². The van der Waals surface area contributed by atoms with Crippen LogP contribution < -0.4 is 9.47 Å². The molecule has 2 saturated heterocycles. The van der Waals surface area contributed by atoms with E-state index in [0.717, 1.165) is 18.4 Å². The molecule has 0 unspecified atom stereocenters. The second-order valence-electron chi connectivity index (χ2n) is 9.02. The fraction of sp³-hybridized carbons (Fsp3) is 0.500. The van der Waals surface area contributed by atoms with Crippen LogP contribution in [0.1, 0.15) is 42.6 Å². The zero-order valence-corrected chi connectivity index (χ0v) is 18.9.